The van der Waals surface area contributed by atoms with Crippen molar-refractivity contribution in [3.63, 3.8) is 0 Å². The average molecular weight is 253 g/mol. The maximum Gasteiger partial charge on any atom is 0.328 e. The highest BCUT2D eigenvalue weighted by atomic mass is 19.1. The number of carbonyl (C=O) groups is 1. The number of nitrogens with one attached hydrogen (secondary N) is 1. The van der Waals surface area contributed by atoms with Gasteiger partial charge < -0.3 is 5.11 Å². The Kier molecular flexibility index (Phi) is 4.59. The molecule has 18 heavy (non-hydrogen) atoms. The van der Waals surface area contributed by atoms with Crippen molar-refractivity contribution in [1.29, 1.82) is 0 Å². The number of aromatic nitrogens is 1. The fraction of sp³-hybridized carbons (Fsp3) is 0.400. The van der Waals surface area contributed by atoms with Gasteiger partial charge >= 0.3 is 5.97 Å². The van der Waals surface area contributed by atoms with E-state index in [2.05, 4.69) is 20.3 Å². The maximum atomic E-state index is 13.1. The fourth-order valence-electron chi connectivity index (χ4n) is 1.39. The van der Waals surface area contributed by atoms with Crippen LogP contribution in [0.2, 0.25) is 0 Å². The van der Waals surface area contributed by atoms with Gasteiger partial charge in [-0.25, -0.2) is 9.18 Å². The van der Waals surface area contributed by atoms with Gasteiger partial charge in [-0.3, -0.25) is 10.3 Å². The summed E-state index contributed by atoms with van der Waals surface area (Å²) in [6, 6.07) is 1.10. The lowest BCUT2D eigenvalue weighted by Gasteiger charge is -2.26. The number of azide groups is 1. The second-order valence-corrected chi connectivity index (χ2v) is 3.70. The topological polar surface area (TPSA) is 111 Å². The molecule has 0 aliphatic rings. The van der Waals surface area contributed by atoms with Crippen LogP contribution in [0.25, 0.3) is 10.4 Å². The van der Waals surface area contributed by atoms with E-state index >= 15 is 0 Å². The van der Waals surface area contributed by atoms with Gasteiger partial charge in [0.1, 0.15) is 11.4 Å². The van der Waals surface area contributed by atoms with Crippen LogP contribution < -0.4 is 5.32 Å². The minimum Gasteiger partial charge on any atom is -0.480 e. The first kappa shape index (κ1) is 13.9. The van der Waals surface area contributed by atoms with E-state index in [1.807, 2.05) is 0 Å². The van der Waals surface area contributed by atoms with Crippen molar-refractivity contribution in [2.24, 2.45) is 5.11 Å². The van der Waals surface area contributed by atoms with Crippen molar-refractivity contribution >= 4 is 5.97 Å². The second kappa shape index (κ2) is 5.95. The highest BCUT2D eigenvalue weighted by Crippen LogP contribution is 2.20. The number of rotatable bonds is 6. The number of aliphatic carboxylic acids is 1. The van der Waals surface area contributed by atoms with E-state index in [4.69, 9.17) is 5.53 Å². The Hall–Kier alpha value is -2.18. The van der Waals surface area contributed by atoms with Crippen LogP contribution in [0, 0.1) is 5.82 Å². The standard InChI is InChI=1S/C10H12FN5O2/c1-10(9(17)18,14-2-3-15-16-12)7-4-8(11)6-13-5-7/h4-6,14H,2-3H2,1H3,(H,17,18). The molecule has 7 nitrogen and oxygen atoms in total. The second-order valence-electron chi connectivity index (χ2n) is 3.70. The highest BCUT2D eigenvalue weighted by molar-refractivity contribution is 5.80. The number of carboxylic acids is 1. The zero-order chi connectivity index (χ0) is 13.6. The number of hydrogen-bond acceptors (Lipinski definition) is 4. The Bertz CT molecular complexity index is 489. The van der Waals surface area contributed by atoms with E-state index in [9.17, 15) is 14.3 Å². The number of hydrogen-bond donors (Lipinski definition) is 2. The van der Waals surface area contributed by atoms with Gasteiger partial charge in [0.05, 0.1) is 6.20 Å². The number of nitrogens with zero attached hydrogens (tertiary/aromatic N) is 4. The molecule has 1 atom stereocenters. The summed E-state index contributed by atoms with van der Waals surface area (Å²) in [6.07, 6.45) is 2.27. The highest BCUT2D eigenvalue weighted by Gasteiger charge is 2.35. The fourth-order valence-corrected chi connectivity index (χ4v) is 1.39. The molecule has 0 radical (unpaired) electrons. The van der Waals surface area contributed by atoms with Gasteiger partial charge in [0.2, 0.25) is 0 Å². The van der Waals surface area contributed by atoms with Crippen LogP contribution in [-0.4, -0.2) is 29.1 Å². The quantitative estimate of drug-likeness (QED) is 0.345. The first-order chi connectivity index (χ1) is 8.50. The SMILES string of the molecule is CC(NCCN=[N+]=[N-])(C(=O)O)c1cncc(F)c1. The van der Waals surface area contributed by atoms with E-state index in [1.54, 1.807) is 0 Å². The van der Waals surface area contributed by atoms with Crippen molar-refractivity contribution in [1.82, 2.24) is 10.3 Å². The van der Waals surface area contributed by atoms with Crippen LogP contribution in [0.4, 0.5) is 4.39 Å². The zero-order valence-corrected chi connectivity index (χ0v) is 9.67. The molecular weight excluding hydrogens is 241 g/mol. The van der Waals surface area contributed by atoms with E-state index in [0.717, 1.165) is 12.3 Å². The Labute approximate surface area is 102 Å². The predicted molar refractivity (Wildman–Crippen MR) is 61.2 cm³/mol. The zero-order valence-electron chi connectivity index (χ0n) is 9.67. The first-order valence-electron chi connectivity index (χ1n) is 5.11. The lowest BCUT2D eigenvalue weighted by molar-refractivity contribution is -0.144. The molecule has 0 spiro atoms. The van der Waals surface area contributed by atoms with Crippen LogP contribution >= 0.6 is 0 Å². The number of pyridine rings is 1. The monoisotopic (exact) mass is 253 g/mol. The Balaban J connectivity index is 2.93. The number of carboxylic acid groups (broad SMARTS) is 1. The van der Waals surface area contributed by atoms with E-state index in [0.29, 0.717) is 0 Å². The molecule has 2 N–H and O–H groups in total. The minimum atomic E-state index is -1.49. The molecule has 0 saturated heterocycles. The molecule has 1 aromatic heterocycles. The summed E-state index contributed by atoms with van der Waals surface area (Å²) >= 11 is 0. The minimum absolute atomic E-state index is 0.0993. The Morgan fingerprint density at radius 1 is 1.72 bits per heavy atom. The maximum absolute atomic E-state index is 13.1. The molecule has 0 amide bonds. The third kappa shape index (κ3) is 3.16. The summed E-state index contributed by atoms with van der Waals surface area (Å²) in [5, 5.41) is 15.2. The Morgan fingerprint density at radius 3 is 3.00 bits per heavy atom. The summed E-state index contributed by atoms with van der Waals surface area (Å²) in [7, 11) is 0. The van der Waals surface area contributed by atoms with Gasteiger partial charge in [-0.05, 0) is 18.5 Å². The molecule has 0 saturated carbocycles. The summed E-state index contributed by atoms with van der Waals surface area (Å²) < 4.78 is 13.1. The molecule has 0 fully saturated rings. The van der Waals surface area contributed by atoms with Crippen LogP contribution in [0.5, 0.6) is 0 Å². The lowest BCUT2D eigenvalue weighted by atomic mass is 9.93. The summed E-state index contributed by atoms with van der Waals surface area (Å²) in [5.41, 5.74) is 6.82. The molecule has 1 aromatic rings. The molecule has 0 aliphatic carbocycles. The molecular formula is C10H12FN5O2. The van der Waals surface area contributed by atoms with Crippen LogP contribution in [-0.2, 0) is 10.3 Å². The van der Waals surface area contributed by atoms with E-state index in [-0.39, 0.29) is 18.7 Å². The lowest BCUT2D eigenvalue weighted by Crippen LogP contribution is -2.47. The third-order valence-electron chi connectivity index (χ3n) is 2.46. The van der Waals surface area contributed by atoms with E-state index < -0.39 is 17.3 Å². The average Bonchev–Trinajstić information content (AvgIpc) is 2.34. The predicted octanol–water partition coefficient (Wildman–Crippen LogP) is 1.42. The van der Waals surface area contributed by atoms with Gasteiger partial charge in [0.25, 0.3) is 0 Å². The molecule has 1 rings (SSSR count). The first-order valence-corrected chi connectivity index (χ1v) is 5.11. The molecule has 1 heterocycles. The largest absolute Gasteiger partial charge is 0.480 e. The van der Waals surface area contributed by atoms with Crippen molar-refractivity contribution in [2.45, 2.75) is 12.5 Å². The summed E-state index contributed by atoms with van der Waals surface area (Å²) in [5.74, 6) is -1.78. The van der Waals surface area contributed by atoms with Gasteiger partial charge in [-0.2, -0.15) is 0 Å². The summed E-state index contributed by atoms with van der Waals surface area (Å²) in [6.45, 7) is 1.65. The van der Waals surface area contributed by atoms with Crippen molar-refractivity contribution < 1.29 is 14.3 Å². The Morgan fingerprint density at radius 2 is 2.44 bits per heavy atom. The van der Waals surface area contributed by atoms with E-state index in [1.165, 1.54) is 13.1 Å². The number of halogens is 1. The normalized spacial score (nSPS) is 13.4. The molecule has 0 aliphatic heterocycles. The van der Waals surface area contributed by atoms with Crippen molar-refractivity contribution in [2.75, 3.05) is 13.1 Å². The van der Waals surface area contributed by atoms with Crippen LogP contribution in [0.1, 0.15) is 12.5 Å². The van der Waals surface area contributed by atoms with Crippen LogP contribution in [0.15, 0.2) is 23.6 Å². The molecule has 1 unspecified atom stereocenters. The van der Waals surface area contributed by atoms with Crippen molar-refractivity contribution in [3.05, 3.63) is 40.3 Å². The van der Waals surface area contributed by atoms with Gasteiger partial charge in [0.15, 0.2) is 0 Å². The summed E-state index contributed by atoms with van der Waals surface area (Å²) in [4.78, 5) is 17.4. The molecule has 0 bridgehead atoms. The van der Waals surface area contributed by atoms with Gasteiger partial charge in [-0.15, -0.1) is 0 Å². The van der Waals surface area contributed by atoms with Crippen molar-refractivity contribution in [3.8, 4) is 0 Å². The van der Waals surface area contributed by atoms with Crippen LogP contribution in [0.3, 0.4) is 0 Å². The van der Waals surface area contributed by atoms with Gasteiger partial charge in [0, 0.05) is 29.8 Å². The third-order valence-corrected chi connectivity index (χ3v) is 2.46. The smallest absolute Gasteiger partial charge is 0.328 e. The van der Waals surface area contributed by atoms with Gasteiger partial charge in [-0.1, -0.05) is 5.11 Å². The molecule has 8 heteroatoms. The molecule has 0 aromatic carbocycles. The molecule has 96 valence electrons.